The van der Waals surface area contributed by atoms with Crippen LogP contribution in [0.25, 0.3) is 22.2 Å². The quantitative estimate of drug-likeness (QED) is 0.346. The lowest BCUT2D eigenvalue weighted by molar-refractivity contribution is 0.0592. The van der Waals surface area contributed by atoms with E-state index in [4.69, 9.17) is 29.1 Å². The SMILES string of the molecule is Cc1noc(C)c1-c1ccc2c(c1)nc(C(CCO[Si](C)(C)C(C)(C)C)OC(N)=O)n2C1CCOCC1. The molecule has 2 N–H and O–H groups in total. The van der Waals surface area contributed by atoms with Gasteiger partial charge in [0.1, 0.15) is 5.76 Å². The van der Waals surface area contributed by atoms with Gasteiger partial charge in [0, 0.05) is 37.8 Å². The van der Waals surface area contributed by atoms with Crippen LogP contribution in [0.4, 0.5) is 4.79 Å². The normalized spacial score (nSPS) is 16.3. The molecule has 1 aliphatic heterocycles. The van der Waals surface area contributed by atoms with Crippen molar-refractivity contribution in [2.24, 2.45) is 5.73 Å². The first-order valence-corrected chi connectivity index (χ1v) is 15.9. The van der Waals surface area contributed by atoms with Gasteiger partial charge in [-0.1, -0.05) is 32.0 Å². The first kappa shape index (κ1) is 27.3. The van der Waals surface area contributed by atoms with Gasteiger partial charge in [-0.05, 0) is 62.5 Å². The minimum absolute atomic E-state index is 0.0802. The van der Waals surface area contributed by atoms with E-state index in [0.29, 0.717) is 32.1 Å². The molecule has 3 aromatic rings. The number of aryl methyl sites for hydroxylation is 2. The van der Waals surface area contributed by atoms with E-state index in [1.54, 1.807) is 0 Å². The number of carbonyl (C=O) groups is 1. The summed E-state index contributed by atoms with van der Waals surface area (Å²) in [5.41, 5.74) is 10.1. The zero-order valence-corrected chi connectivity index (χ0v) is 24.1. The summed E-state index contributed by atoms with van der Waals surface area (Å²) in [7, 11) is -1.97. The Morgan fingerprint density at radius 2 is 1.95 bits per heavy atom. The number of carbonyl (C=O) groups excluding carboxylic acids is 1. The maximum atomic E-state index is 12.0. The minimum Gasteiger partial charge on any atom is -0.438 e. The molecule has 0 bridgehead atoms. The molecular formula is C27H40N4O5Si. The van der Waals surface area contributed by atoms with Gasteiger partial charge >= 0.3 is 6.09 Å². The standard InChI is InChI=1S/C27H40N4O5Si/c1-17-24(18(2)36-30-17)19-8-9-22-21(16-19)29-25(31(22)20-10-13-33-14-11-20)23(35-26(28)32)12-15-34-37(6,7)27(3,4)5/h8-9,16,20,23H,10-15H2,1-7H3,(H2,28,32). The molecule has 1 aliphatic rings. The van der Waals surface area contributed by atoms with Crippen LogP contribution in [0, 0.1) is 13.8 Å². The molecule has 0 saturated carbocycles. The number of hydrogen-bond acceptors (Lipinski definition) is 7. The Labute approximate surface area is 219 Å². The summed E-state index contributed by atoms with van der Waals surface area (Å²) >= 11 is 0. The van der Waals surface area contributed by atoms with Gasteiger partial charge in [0.25, 0.3) is 0 Å². The molecule has 1 unspecified atom stereocenters. The number of ether oxygens (including phenoxy) is 2. The predicted molar refractivity (Wildman–Crippen MR) is 145 cm³/mol. The lowest BCUT2D eigenvalue weighted by atomic mass is 10.0. The van der Waals surface area contributed by atoms with Crippen LogP contribution in [0.1, 0.15) is 69.5 Å². The second-order valence-corrected chi connectivity index (χ2v) is 16.2. The van der Waals surface area contributed by atoms with Gasteiger partial charge in [0.05, 0.1) is 16.7 Å². The minimum atomic E-state index is -1.97. The van der Waals surface area contributed by atoms with Crippen molar-refractivity contribution in [3.05, 3.63) is 35.5 Å². The fraction of sp³-hybridized carbons (Fsp3) is 0.593. The molecule has 1 saturated heterocycles. The third-order valence-corrected chi connectivity index (χ3v) is 12.3. The van der Waals surface area contributed by atoms with Gasteiger partial charge in [0.15, 0.2) is 20.2 Å². The van der Waals surface area contributed by atoms with Crippen molar-refractivity contribution in [3.63, 3.8) is 0 Å². The second kappa shape index (κ2) is 10.6. The molecule has 3 heterocycles. The third kappa shape index (κ3) is 5.76. The number of rotatable bonds is 8. The van der Waals surface area contributed by atoms with E-state index in [1.165, 1.54) is 0 Å². The molecular weight excluding hydrogens is 488 g/mol. The van der Waals surface area contributed by atoms with Gasteiger partial charge < -0.3 is 28.7 Å². The monoisotopic (exact) mass is 528 g/mol. The number of aromatic nitrogens is 3. The van der Waals surface area contributed by atoms with Crippen molar-refractivity contribution in [3.8, 4) is 11.1 Å². The van der Waals surface area contributed by atoms with Crippen LogP contribution in [0.15, 0.2) is 22.7 Å². The van der Waals surface area contributed by atoms with Crippen molar-refractivity contribution in [2.75, 3.05) is 19.8 Å². The highest BCUT2D eigenvalue weighted by atomic mass is 28.4. The van der Waals surface area contributed by atoms with Crippen LogP contribution in [0.5, 0.6) is 0 Å². The first-order chi connectivity index (χ1) is 17.4. The molecule has 37 heavy (non-hydrogen) atoms. The third-order valence-electron chi connectivity index (χ3n) is 7.79. The maximum absolute atomic E-state index is 12.0. The van der Waals surface area contributed by atoms with Crippen LogP contribution in [0.2, 0.25) is 18.1 Å². The van der Waals surface area contributed by atoms with Gasteiger partial charge in [0.2, 0.25) is 0 Å². The first-order valence-electron chi connectivity index (χ1n) is 13.0. The summed E-state index contributed by atoms with van der Waals surface area (Å²) in [5.74, 6) is 1.45. The number of benzene rings is 1. The number of primary amides is 1. The molecule has 1 fully saturated rings. The Morgan fingerprint density at radius 1 is 1.24 bits per heavy atom. The largest absolute Gasteiger partial charge is 0.438 e. The highest BCUT2D eigenvalue weighted by molar-refractivity contribution is 6.74. The predicted octanol–water partition coefficient (Wildman–Crippen LogP) is 6.21. The van der Waals surface area contributed by atoms with E-state index in [0.717, 1.165) is 46.5 Å². The van der Waals surface area contributed by atoms with E-state index < -0.39 is 20.5 Å². The average molecular weight is 529 g/mol. The topological polar surface area (TPSA) is 115 Å². The zero-order chi connectivity index (χ0) is 27.0. The number of fused-ring (bicyclic) bond motifs is 1. The van der Waals surface area contributed by atoms with Crippen molar-refractivity contribution in [1.82, 2.24) is 14.7 Å². The molecule has 2 aromatic heterocycles. The molecule has 0 radical (unpaired) electrons. The molecule has 4 rings (SSSR count). The van der Waals surface area contributed by atoms with Crippen LogP contribution in [-0.4, -0.2) is 48.9 Å². The second-order valence-electron chi connectivity index (χ2n) is 11.4. The molecule has 9 nitrogen and oxygen atoms in total. The van der Waals surface area contributed by atoms with Crippen LogP contribution in [-0.2, 0) is 13.9 Å². The van der Waals surface area contributed by atoms with Gasteiger partial charge in [-0.25, -0.2) is 9.78 Å². The summed E-state index contributed by atoms with van der Waals surface area (Å²) in [5, 5.41) is 4.18. The molecule has 1 aromatic carbocycles. The van der Waals surface area contributed by atoms with Gasteiger partial charge in [-0.2, -0.15) is 0 Å². The van der Waals surface area contributed by atoms with Crippen molar-refractivity contribution in [1.29, 1.82) is 0 Å². The number of imidazole rings is 1. The van der Waals surface area contributed by atoms with Crippen LogP contribution in [0.3, 0.4) is 0 Å². The Bertz CT molecular complexity index is 1230. The summed E-state index contributed by atoms with van der Waals surface area (Å²) in [6.45, 7) is 16.7. The van der Waals surface area contributed by atoms with E-state index in [-0.39, 0.29) is 11.1 Å². The average Bonchev–Trinajstić information content (AvgIpc) is 3.36. The van der Waals surface area contributed by atoms with E-state index in [2.05, 4.69) is 61.8 Å². The molecule has 10 heteroatoms. The highest BCUT2D eigenvalue weighted by Gasteiger charge is 2.37. The molecule has 0 spiro atoms. The van der Waals surface area contributed by atoms with Crippen LogP contribution >= 0.6 is 0 Å². The molecule has 1 atom stereocenters. The Hall–Kier alpha value is -2.69. The summed E-state index contributed by atoms with van der Waals surface area (Å²) < 4.78 is 25.3. The number of nitrogens with two attached hydrogens (primary N) is 1. The van der Waals surface area contributed by atoms with E-state index in [9.17, 15) is 4.79 Å². The smallest absolute Gasteiger partial charge is 0.405 e. The summed E-state index contributed by atoms with van der Waals surface area (Å²) in [6.07, 6.45) is 0.736. The summed E-state index contributed by atoms with van der Waals surface area (Å²) in [4.78, 5) is 17.0. The number of hydrogen-bond donors (Lipinski definition) is 1. The van der Waals surface area contributed by atoms with E-state index in [1.807, 2.05) is 13.8 Å². The van der Waals surface area contributed by atoms with Crippen molar-refractivity contribution >= 4 is 25.4 Å². The Morgan fingerprint density at radius 3 is 2.54 bits per heavy atom. The van der Waals surface area contributed by atoms with Crippen LogP contribution < -0.4 is 5.73 Å². The fourth-order valence-corrected chi connectivity index (χ4v) is 5.80. The summed E-state index contributed by atoms with van der Waals surface area (Å²) in [6, 6.07) is 6.38. The zero-order valence-electron chi connectivity index (χ0n) is 23.1. The molecule has 0 aliphatic carbocycles. The van der Waals surface area contributed by atoms with Crippen molar-refractivity contribution < 1.29 is 23.2 Å². The Balaban J connectivity index is 1.75. The van der Waals surface area contributed by atoms with Gasteiger partial charge in [-0.15, -0.1) is 0 Å². The molecule has 202 valence electrons. The maximum Gasteiger partial charge on any atom is 0.405 e. The highest BCUT2D eigenvalue weighted by Crippen LogP contribution is 2.38. The van der Waals surface area contributed by atoms with Gasteiger partial charge in [-0.3, -0.25) is 0 Å². The van der Waals surface area contributed by atoms with E-state index >= 15 is 0 Å². The number of amides is 1. The molecule has 1 amide bonds. The Kier molecular flexibility index (Phi) is 7.82. The van der Waals surface area contributed by atoms with Crippen molar-refractivity contribution in [2.45, 2.75) is 84.2 Å². The lowest BCUT2D eigenvalue weighted by Gasteiger charge is -2.36. The lowest BCUT2D eigenvalue weighted by Crippen LogP contribution is -2.41. The fourth-order valence-electron chi connectivity index (χ4n) is 4.74. The number of nitrogens with zero attached hydrogens (tertiary/aromatic N) is 3.